The monoisotopic (exact) mass is 214 g/mol. The van der Waals surface area contributed by atoms with Gasteiger partial charge in [0, 0.05) is 0 Å². The predicted octanol–water partition coefficient (Wildman–Crippen LogP) is 3.14. The lowest BCUT2D eigenvalue weighted by Gasteiger charge is -2.26. The highest BCUT2D eigenvalue weighted by Crippen LogP contribution is 2.41. The lowest BCUT2D eigenvalue weighted by Crippen LogP contribution is -2.18. The van der Waals surface area contributed by atoms with Crippen LogP contribution in [0.1, 0.15) is 41.5 Å². The summed E-state index contributed by atoms with van der Waals surface area (Å²) in [6, 6.07) is 0. The predicted molar refractivity (Wildman–Crippen MR) is 63.8 cm³/mol. The molecule has 0 aromatic heterocycles. The highest BCUT2D eigenvalue weighted by atomic mass is 32.2. The molecule has 1 heterocycles. The largest absolute Gasteiger partial charge is 0.616 e. The van der Waals surface area contributed by atoms with Crippen molar-refractivity contribution in [3.63, 3.8) is 0 Å². The zero-order valence-electron chi connectivity index (χ0n) is 10.2. The van der Waals surface area contributed by atoms with Crippen LogP contribution in [0.15, 0.2) is 11.1 Å². The molecule has 0 fully saturated rings. The molecule has 0 amide bonds. The summed E-state index contributed by atoms with van der Waals surface area (Å²) >= 11 is -0.650. The molecule has 0 atom stereocenters. The standard InChI is InChI=1S/C12H22OS/c1-11(2,3)9-7-14(13)8-10(9)12(4,5)6/h7-8H2,1-6H3. The first-order valence-corrected chi connectivity index (χ1v) is 6.69. The summed E-state index contributed by atoms with van der Waals surface area (Å²) in [5.41, 5.74) is 3.19. The zero-order chi connectivity index (χ0) is 11.1. The molecule has 0 unspecified atom stereocenters. The van der Waals surface area contributed by atoms with Crippen LogP contribution >= 0.6 is 0 Å². The van der Waals surface area contributed by atoms with Gasteiger partial charge in [-0.25, -0.2) is 0 Å². The fourth-order valence-electron chi connectivity index (χ4n) is 1.89. The number of hydrogen-bond acceptors (Lipinski definition) is 1. The van der Waals surface area contributed by atoms with E-state index < -0.39 is 11.2 Å². The van der Waals surface area contributed by atoms with Crippen LogP contribution in [0, 0.1) is 10.8 Å². The summed E-state index contributed by atoms with van der Waals surface area (Å²) in [6.45, 7) is 13.3. The SMILES string of the molecule is CC(C)(C)C1=C(C(C)(C)C)C[S+]([O-])C1. The van der Waals surface area contributed by atoms with E-state index in [1.165, 1.54) is 11.1 Å². The molecule has 0 aliphatic carbocycles. The highest BCUT2D eigenvalue weighted by molar-refractivity contribution is 7.92. The summed E-state index contributed by atoms with van der Waals surface area (Å²) in [5.74, 6) is 1.58. The van der Waals surface area contributed by atoms with Crippen molar-refractivity contribution in [3.05, 3.63) is 11.1 Å². The Balaban J connectivity index is 3.08. The fourth-order valence-corrected chi connectivity index (χ4v) is 3.85. The van der Waals surface area contributed by atoms with Crippen LogP contribution in [0.4, 0.5) is 0 Å². The first-order chi connectivity index (χ1) is 6.12. The smallest absolute Gasteiger partial charge is 0.127 e. The first kappa shape index (κ1) is 12.1. The van der Waals surface area contributed by atoms with E-state index in [1.54, 1.807) is 0 Å². The molecule has 0 saturated heterocycles. The van der Waals surface area contributed by atoms with Crippen molar-refractivity contribution in [2.75, 3.05) is 11.5 Å². The van der Waals surface area contributed by atoms with Gasteiger partial charge in [-0.3, -0.25) is 0 Å². The van der Waals surface area contributed by atoms with Crippen LogP contribution in [-0.4, -0.2) is 16.1 Å². The van der Waals surface area contributed by atoms with Crippen molar-refractivity contribution in [1.82, 2.24) is 0 Å². The molecule has 0 aromatic rings. The van der Waals surface area contributed by atoms with Crippen LogP contribution in [0.3, 0.4) is 0 Å². The Morgan fingerprint density at radius 1 is 0.857 bits per heavy atom. The van der Waals surface area contributed by atoms with Crippen molar-refractivity contribution in [2.24, 2.45) is 10.8 Å². The van der Waals surface area contributed by atoms with Crippen LogP contribution in [0.25, 0.3) is 0 Å². The lowest BCUT2D eigenvalue weighted by molar-refractivity contribution is 0.452. The van der Waals surface area contributed by atoms with E-state index in [1.807, 2.05) is 0 Å². The Bertz CT molecular complexity index is 226. The molecule has 1 nitrogen and oxygen atoms in total. The van der Waals surface area contributed by atoms with Gasteiger partial charge in [-0.15, -0.1) is 0 Å². The third-order valence-corrected chi connectivity index (χ3v) is 4.01. The van der Waals surface area contributed by atoms with Gasteiger partial charge in [-0.05, 0) is 33.2 Å². The van der Waals surface area contributed by atoms with Gasteiger partial charge in [0.25, 0.3) is 0 Å². The average Bonchev–Trinajstić information content (AvgIpc) is 2.27. The first-order valence-electron chi connectivity index (χ1n) is 5.20. The quantitative estimate of drug-likeness (QED) is 0.449. The molecule has 0 aromatic carbocycles. The van der Waals surface area contributed by atoms with Crippen molar-refractivity contribution in [2.45, 2.75) is 41.5 Å². The lowest BCUT2D eigenvalue weighted by atomic mass is 9.76. The minimum atomic E-state index is -0.650. The second-order valence-electron chi connectivity index (χ2n) is 6.19. The summed E-state index contributed by atoms with van der Waals surface area (Å²) in [7, 11) is 0. The van der Waals surface area contributed by atoms with E-state index in [2.05, 4.69) is 41.5 Å². The van der Waals surface area contributed by atoms with E-state index in [0.717, 1.165) is 11.5 Å². The van der Waals surface area contributed by atoms with E-state index >= 15 is 0 Å². The number of rotatable bonds is 0. The van der Waals surface area contributed by atoms with Crippen LogP contribution < -0.4 is 0 Å². The van der Waals surface area contributed by atoms with Gasteiger partial charge in [-0.1, -0.05) is 41.5 Å². The van der Waals surface area contributed by atoms with Gasteiger partial charge in [0.1, 0.15) is 11.5 Å². The molecule has 0 radical (unpaired) electrons. The Hall–Kier alpha value is 0.0500. The molecule has 1 aliphatic rings. The molecule has 0 bridgehead atoms. The maximum absolute atomic E-state index is 11.6. The Morgan fingerprint density at radius 3 is 1.36 bits per heavy atom. The van der Waals surface area contributed by atoms with Gasteiger partial charge in [0.2, 0.25) is 0 Å². The third-order valence-electron chi connectivity index (χ3n) is 2.79. The van der Waals surface area contributed by atoms with E-state index in [0.29, 0.717) is 0 Å². The second kappa shape index (κ2) is 3.57. The molecule has 1 rings (SSSR count). The molecule has 2 heteroatoms. The van der Waals surface area contributed by atoms with Crippen LogP contribution in [-0.2, 0) is 11.2 Å². The Kier molecular flexibility index (Phi) is 3.09. The highest BCUT2D eigenvalue weighted by Gasteiger charge is 2.37. The molecule has 0 saturated carbocycles. The van der Waals surface area contributed by atoms with Gasteiger partial charge < -0.3 is 4.55 Å². The Labute approximate surface area is 91.2 Å². The van der Waals surface area contributed by atoms with Crippen LogP contribution in [0.5, 0.6) is 0 Å². The normalized spacial score (nSPS) is 20.8. The van der Waals surface area contributed by atoms with Crippen LogP contribution in [0.2, 0.25) is 0 Å². The third kappa shape index (κ3) is 2.54. The van der Waals surface area contributed by atoms with Crippen molar-refractivity contribution in [3.8, 4) is 0 Å². The van der Waals surface area contributed by atoms with Gasteiger partial charge in [0.05, 0.1) is 0 Å². The molecular weight excluding hydrogens is 192 g/mol. The zero-order valence-corrected chi connectivity index (χ0v) is 11.0. The van der Waals surface area contributed by atoms with Crippen molar-refractivity contribution >= 4 is 11.2 Å². The van der Waals surface area contributed by atoms with Crippen molar-refractivity contribution < 1.29 is 4.55 Å². The fraction of sp³-hybridized carbons (Fsp3) is 0.833. The Morgan fingerprint density at radius 2 is 1.14 bits per heavy atom. The van der Waals surface area contributed by atoms with Gasteiger partial charge in [-0.2, -0.15) is 0 Å². The minimum absolute atomic E-state index is 0.175. The summed E-state index contributed by atoms with van der Waals surface area (Å²) in [6.07, 6.45) is 0. The summed E-state index contributed by atoms with van der Waals surface area (Å²) in [4.78, 5) is 0. The maximum atomic E-state index is 11.6. The molecule has 82 valence electrons. The molecular formula is C12H22OS. The summed E-state index contributed by atoms with van der Waals surface area (Å²) < 4.78 is 11.6. The molecule has 0 N–H and O–H groups in total. The second-order valence-corrected chi connectivity index (χ2v) is 7.64. The van der Waals surface area contributed by atoms with E-state index in [9.17, 15) is 4.55 Å². The average molecular weight is 214 g/mol. The molecule has 14 heavy (non-hydrogen) atoms. The van der Waals surface area contributed by atoms with Crippen molar-refractivity contribution in [1.29, 1.82) is 0 Å². The van der Waals surface area contributed by atoms with E-state index in [4.69, 9.17) is 0 Å². The number of hydrogen-bond donors (Lipinski definition) is 0. The minimum Gasteiger partial charge on any atom is -0.616 e. The topological polar surface area (TPSA) is 23.1 Å². The van der Waals surface area contributed by atoms with Gasteiger partial charge >= 0.3 is 0 Å². The molecule has 0 spiro atoms. The van der Waals surface area contributed by atoms with Gasteiger partial charge in [0.15, 0.2) is 0 Å². The van der Waals surface area contributed by atoms with E-state index in [-0.39, 0.29) is 10.8 Å². The maximum Gasteiger partial charge on any atom is 0.127 e. The summed E-state index contributed by atoms with van der Waals surface area (Å²) in [5, 5.41) is 0. The molecule has 1 aliphatic heterocycles.